The fraction of sp³-hybridized carbons (Fsp3) is 0.500. The summed E-state index contributed by atoms with van der Waals surface area (Å²) in [6, 6.07) is 5.52. The molecule has 1 aliphatic heterocycles. The van der Waals surface area contributed by atoms with Crippen LogP contribution in [-0.4, -0.2) is 40.1 Å². The van der Waals surface area contributed by atoms with Crippen molar-refractivity contribution in [3.8, 4) is 0 Å². The van der Waals surface area contributed by atoms with Crippen molar-refractivity contribution >= 4 is 12.0 Å². The van der Waals surface area contributed by atoms with Gasteiger partial charge >= 0.3 is 12.0 Å². The Bertz CT molecular complexity index is 496. The molecule has 20 heavy (non-hydrogen) atoms. The minimum Gasteiger partial charge on any atom is -0.481 e. The van der Waals surface area contributed by atoms with Gasteiger partial charge in [0.15, 0.2) is 0 Å². The molecular formula is C14H19N3O3. The number of likely N-dealkylation sites (tertiary alicyclic amines) is 1. The summed E-state index contributed by atoms with van der Waals surface area (Å²) in [5.41, 5.74) is 1.73. The van der Waals surface area contributed by atoms with Gasteiger partial charge in [-0.15, -0.1) is 0 Å². The molecule has 0 spiro atoms. The predicted octanol–water partition coefficient (Wildman–Crippen LogP) is 1.40. The molecule has 6 heteroatoms. The third-order valence-corrected chi connectivity index (χ3v) is 3.50. The number of aliphatic carboxylic acids is 1. The highest BCUT2D eigenvalue weighted by atomic mass is 16.4. The third-order valence-electron chi connectivity index (χ3n) is 3.50. The van der Waals surface area contributed by atoms with Crippen LogP contribution in [-0.2, 0) is 11.3 Å². The Morgan fingerprint density at radius 1 is 1.40 bits per heavy atom. The van der Waals surface area contributed by atoms with Gasteiger partial charge in [-0.2, -0.15) is 0 Å². The third kappa shape index (κ3) is 3.69. The minimum absolute atomic E-state index is 0.155. The molecule has 0 atom stereocenters. The number of amides is 2. The molecule has 1 aromatic heterocycles. The van der Waals surface area contributed by atoms with Gasteiger partial charge in [-0.1, -0.05) is 6.07 Å². The van der Waals surface area contributed by atoms with Crippen molar-refractivity contribution in [3.63, 3.8) is 0 Å². The Labute approximate surface area is 117 Å². The Morgan fingerprint density at radius 3 is 2.70 bits per heavy atom. The quantitative estimate of drug-likeness (QED) is 0.874. The molecule has 0 bridgehead atoms. The van der Waals surface area contributed by atoms with Crippen LogP contribution in [0.4, 0.5) is 4.79 Å². The van der Waals surface area contributed by atoms with Gasteiger partial charge in [0.05, 0.1) is 18.2 Å². The Hall–Kier alpha value is -2.11. The monoisotopic (exact) mass is 277 g/mol. The average molecular weight is 277 g/mol. The molecule has 0 aromatic carbocycles. The Balaban J connectivity index is 1.80. The number of piperidine rings is 1. The van der Waals surface area contributed by atoms with E-state index in [9.17, 15) is 9.59 Å². The van der Waals surface area contributed by atoms with Gasteiger partial charge in [-0.25, -0.2) is 4.79 Å². The van der Waals surface area contributed by atoms with Crippen LogP contribution in [0.3, 0.4) is 0 Å². The van der Waals surface area contributed by atoms with Gasteiger partial charge in [0.1, 0.15) is 0 Å². The zero-order valence-corrected chi connectivity index (χ0v) is 11.5. The summed E-state index contributed by atoms with van der Waals surface area (Å²) < 4.78 is 0. The minimum atomic E-state index is -0.769. The Kier molecular flexibility index (Phi) is 4.55. The van der Waals surface area contributed by atoms with E-state index in [0.717, 1.165) is 11.4 Å². The van der Waals surface area contributed by atoms with Crippen molar-refractivity contribution < 1.29 is 14.7 Å². The zero-order valence-electron chi connectivity index (χ0n) is 11.5. The number of aromatic nitrogens is 1. The molecule has 2 N–H and O–H groups in total. The summed E-state index contributed by atoms with van der Waals surface area (Å²) in [6.07, 6.45) is 1.04. The highest BCUT2D eigenvalue weighted by molar-refractivity contribution is 5.75. The van der Waals surface area contributed by atoms with Crippen LogP contribution in [0.15, 0.2) is 18.2 Å². The first-order valence-electron chi connectivity index (χ1n) is 6.74. The molecule has 6 nitrogen and oxygen atoms in total. The topological polar surface area (TPSA) is 82.5 Å². The molecule has 0 unspecified atom stereocenters. The maximum absolute atomic E-state index is 12.0. The second kappa shape index (κ2) is 6.36. The second-order valence-electron chi connectivity index (χ2n) is 5.03. The summed E-state index contributed by atoms with van der Waals surface area (Å²) >= 11 is 0. The Morgan fingerprint density at radius 2 is 2.10 bits per heavy atom. The number of rotatable bonds is 3. The number of pyridine rings is 1. The predicted molar refractivity (Wildman–Crippen MR) is 73.1 cm³/mol. The lowest BCUT2D eigenvalue weighted by Crippen LogP contribution is -2.45. The maximum atomic E-state index is 12.0. The number of carboxylic acid groups (broad SMARTS) is 1. The van der Waals surface area contributed by atoms with E-state index in [1.54, 1.807) is 4.90 Å². The first-order chi connectivity index (χ1) is 9.56. The van der Waals surface area contributed by atoms with E-state index in [4.69, 9.17) is 5.11 Å². The van der Waals surface area contributed by atoms with E-state index < -0.39 is 5.97 Å². The summed E-state index contributed by atoms with van der Waals surface area (Å²) in [6.45, 7) is 3.27. The number of carbonyl (C=O) groups is 2. The van der Waals surface area contributed by atoms with Gasteiger partial charge in [-0.3, -0.25) is 9.78 Å². The molecule has 0 saturated carbocycles. The van der Waals surface area contributed by atoms with Crippen LogP contribution >= 0.6 is 0 Å². The van der Waals surface area contributed by atoms with Crippen LogP contribution in [0.5, 0.6) is 0 Å². The molecule has 2 heterocycles. The van der Waals surface area contributed by atoms with Crippen LogP contribution in [0, 0.1) is 12.8 Å². The zero-order chi connectivity index (χ0) is 14.5. The van der Waals surface area contributed by atoms with Crippen LogP contribution in [0.1, 0.15) is 24.2 Å². The molecule has 1 aliphatic rings. The fourth-order valence-electron chi connectivity index (χ4n) is 2.31. The SMILES string of the molecule is Cc1cccc(CNC(=O)N2CCC(C(=O)O)CC2)n1. The van der Waals surface area contributed by atoms with Crippen LogP contribution in [0.25, 0.3) is 0 Å². The highest BCUT2D eigenvalue weighted by Crippen LogP contribution is 2.17. The number of carbonyl (C=O) groups excluding carboxylic acids is 1. The molecule has 108 valence electrons. The fourth-order valence-corrected chi connectivity index (χ4v) is 2.31. The van der Waals surface area contributed by atoms with Crippen molar-refractivity contribution in [1.82, 2.24) is 15.2 Å². The van der Waals surface area contributed by atoms with Gasteiger partial charge in [-0.05, 0) is 31.9 Å². The molecule has 1 aromatic rings. The van der Waals surface area contributed by atoms with E-state index in [2.05, 4.69) is 10.3 Å². The van der Waals surface area contributed by atoms with E-state index in [1.165, 1.54) is 0 Å². The second-order valence-corrected chi connectivity index (χ2v) is 5.03. The van der Waals surface area contributed by atoms with E-state index in [-0.39, 0.29) is 11.9 Å². The first kappa shape index (κ1) is 14.3. The standard InChI is InChI=1S/C14H19N3O3/c1-10-3-2-4-12(16-10)9-15-14(20)17-7-5-11(6-8-17)13(18)19/h2-4,11H,5-9H2,1H3,(H,15,20)(H,18,19). The van der Waals surface area contributed by atoms with Gasteiger partial charge < -0.3 is 15.3 Å². The molecule has 2 rings (SSSR count). The lowest BCUT2D eigenvalue weighted by atomic mass is 9.97. The molecule has 0 radical (unpaired) electrons. The first-order valence-corrected chi connectivity index (χ1v) is 6.74. The summed E-state index contributed by atoms with van der Waals surface area (Å²) in [5.74, 6) is -1.09. The molecule has 2 amide bonds. The smallest absolute Gasteiger partial charge is 0.317 e. The number of hydrogen-bond donors (Lipinski definition) is 2. The van der Waals surface area contributed by atoms with Crippen molar-refractivity contribution in [1.29, 1.82) is 0 Å². The van der Waals surface area contributed by atoms with Gasteiger partial charge in [0.25, 0.3) is 0 Å². The van der Waals surface area contributed by atoms with Crippen molar-refractivity contribution in [3.05, 3.63) is 29.6 Å². The van der Waals surface area contributed by atoms with Gasteiger partial charge in [0, 0.05) is 18.8 Å². The van der Waals surface area contributed by atoms with Crippen molar-refractivity contribution in [2.75, 3.05) is 13.1 Å². The lowest BCUT2D eigenvalue weighted by Gasteiger charge is -2.30. The largest absolute Gasteiger partial charge is 0.481 e. The van der Waals surface area contributed by atoms with E-state index in [0.29, 0.717) is 32.5 Å². The van der Waals surface area contributed by atoms with Gasteiger partial charge in [0.2, 0.25) is 0 Å². The van der Waals surface area contributed by atoms with Crippen molar-refractivity contribution in [2.24, 2.45) is 5.92 Å². The van der Waals surface area contributed by atoms with E-state index in [1.807, 2.05) is 25.1 Å². The van der Waals surface area contributed by atoms with Crippen LogP contribution in [0.2, 0.25) is 0 Å². The van der Waals surface area contributed by atoms with Crippen LogP contribution < -0.4 is 5.32 Å². The molecular weight excluding hydrogens is 258 g/mol. The maximum Gasteiger partial charge on any atom is 0.317 e. The number of nitrogens with zero attached hydrogens (tertiary/aromatic N) is 2. The summed E-state index contributed by atoms with van der Waals surface area (Å²) in [4.78, 5) is 28.8. The normalized spacial score (nSPS) is 15.9. The summed E-state index contributed by atoms with van der Waals surface area (Å²) in [5, 5.41) is 11.7. The number of urea groups is 1. The molecule has 0 aliphatic carbocycles. The number of carboxylic acids is 1. The molecule has 1 fully saturated rings. The summed E-state index contributed by atoms with van der Waals surface area (Å²) in [7, 11) is 0. The van der Waals surface area contributed by atoms with Crippen molar-refractivity contribution in [2.45, 2.75) is 26.3 Å². The number of aryl methyl sites for hydroxylation is 1. The molecule has 1 saturated heterocycles. The number of nitrogens with one attached hydrogen (secondary N) is 1. The average Bonchev–Trinajstić information content (AvgIpc) is 2.45. The number of hydrogen-bond acceptors (Lipinski definition) is 3. The highest BCUT2D eigenvalue weighted by Gasteiger charge is 2.26. The van der Waals surface area contributed by atoms with E-state index >= 15 is 0 Å². The lowest BCUT2D eigenvalue weighted by molar-refractivity contribution is -0.143.